The Balaban J connectivity index is 1.76. The standard InChI is InChI=1S/C18H29N3O3S/c1-12(2)8-6-7-9-19-17(22)15-10-20-18(25-15)24-16-11-21(13(3)4)14(5)23-16/h10,12-13,16H,5-9,11H2,1-4H3,(H,19,22). The summed E-state index contributed by atoms with van der Waals surface area (Å²) >= 11 is 1.23. The van der Waals surface area contributed by atoms with Gasteiger partial charge in [-0.2, -0.15) is 0 Å². The molecule has 0 saturated carbocycles. The summed E-state index contributed by atoms with van der Waals surface area (Å²) in [6.07, 6.45) is 4.43. The third-order valence-corrected chi connectivity index (χ3v) is 4.88. The highest BCUT2D eigenvalue weighted by Gasteiger charge is 2.30. The van der Waals surface area contributed by atoms with Crippen molar-refractivity contribution in [2.45, 2.75) is 59.3 Å². The lowest BCUT2D eigenvalue weighted by Gasteiger charge is -2.19. The highest BCUT2D eigenvalue weighted by molar-refractivity contribution is 7.15. The number of ether oxygens (including phenoxy) is 2. The number of rotatable bonds is 9. The molecule has 1 aliphatic rings. The van der Waals surface area contributed by atoms with E-state index in [0.29, 0.717) is 41.0 Å². The van der Waals surface area contributed by atoms with Crippen LogP contribution in [0.4, 0.5) is 0 Å². The van der Waals surface area contributed by atoms with Crippen molar-refractivity contribution < 1.29 is 14.3 Å². The second-order valence-electron chi connectivity index (χ2n) is 6.94. The molecule has 1 atom stereocenters. The number of amides is 1. The lowest BCUT2D eigenvalue weighted by molar-refractivity contribution is -0.00478. The number of unbranched alkanes of at least 4 members (excludes halogenated alkanes) is 1. The van der Waals surface area contributed by atoms with E-state index in [4.69, 9.17) is 9.47 Å². The number of aromatic nitrogens is 1. The van der Waals surface area contributed by atoms with Gasteiger partial charge in [0.05, 0.1) is 12.7 Å². The Hall–Kier alpha value is -1.76. The van der Waals surface area contributed by atoms with Crippen molar-refractivity contribution in [2.75, 3.05) is 13.1 Å². The van der Waals surface area contributed by atoms with Gasteiger partial charge in [-0.25, -0.2) is 4.98 Å². The van der Waals surface area contributed by atoms with Crippen LogP contribution in [0.15, 0.2) is 18.7 Å². The molecule has 1 N–H and O–H groups in total. The Morgan fingerprint density at radius 3 is 2.88 bits per heavy atom. The maximum absolute atomic E-state index is 12.1. The van der Waals surface area contributed by atoms with E-state index in [1.807, 2.05) is 4.90 Å². The first-order valence-electron chi connectivity index (χ1n) is 8.89. The van der Waals surface area contributed by atoms with Crippen LogP contribution in [0, 0.1) is 5.92 Å². The third kappa shape index (κ3) is 5.92. The highest BCUT2D eigenvalue weighted by Crippen LogP contribution is 2.26. The molecule has 2 rings (SSSR count). The fourth-order valence-corrected chi connectivity index (χ4v) is 3.30. The molecule has 0 radical (unpaired) electrons. The van der Waals surface area contributed by atoms with E-state index < -0.39 is 6.29 Å². The van der Waals surface area contributed by atoms with Crippen molar-refractivity contribution in [1.82, 2.24) is 15.2 Å². The number of hydrogen-bond acceptors (Lipinski definition) is 6. The Kier molecular flexibility index (Phi) is 7.11. The minimum absolute atomic E-state index is 0.0996. The van der Waals surface area contributed by atoms with Gasteiger partial charge in [-0.1, -0.05) is 38.0 Å². The summed E-state index contributed by atoms with van der Waals surface area (Å²) in [5.41, 5.74) is 0. The second kappa shape index (κ2) is 9.08. The van der Waals surface area contributed by atoms with Gasteiger partial charge in [-0.05, 0) is 32.8 Å². The van der Waals surface area contributed by atoms with Crippen LogP contribution in [0.1, 0.15) is 56.6 Å². The molecule has 0 spiro atoms. The second-order valence-corrected chi connectivity index (χ2v) is 7.93. The van der Waals surface area contributed by atoms with Crippen LogP contribution in [0.3, 0.4) is 0 Å². The maximum atomic E-state index is 12.1. The van der Waals surface area contributed by atoms with E-state index in [-0.39, 0.29) is 5.91 Å². The zero-order valence-corrected chi connectivity index (χ0v) is 16.4. The lowest BCUT2D eigenvalue weighted by Crippen LogP contribution is -2.29. The van der Waals surface area contributed by atoms with E-state index in [1.54, 1.807) is 6.20 Å². The van der Waals surface area contributed by atoms with Gasteiger partial charge >= 0.3 is 0 Å². The van der Waals surface area contributed by atoms with Gasteiger partial charge in [0.2, 0.25) is 0 Å². The third-order valence-electron chi connectivity index (χ3n) is 3.99. The van der Waals surface area contributed by atoms with Crippen LogP contribution in [0.25, 0.3) is 0 Å². The summed E-state index contributed by atoms with van der Waals surface area (Å²) in [4.78, 5) is 18.9. The fraction of sp³-hybridized carbons (Fsp3) is 0.667. The zero-order valence-electron chi connectivity index (χ0n) is 15.6. The van der Waals surface area contributed by atoms with Crippen LogP contribution in [0.5, 0.6) is 5.19 Å². The van der Waals surface area contributed by atoms with Crippen molar-refractivity contribution in [3.63, 3.8) is 0 Å². The van der Waals surface area contributed by atoms with Gasteiger partial charge in [0.15, 0.2) is 5.88 Å². The Morgan fingerprint density at radius 2 is 2.24 bits per heavy atom. The van der Waals surface area contributed by atoms with Crippen molar-refractivity contribution in [3.8, 4) is 5.19 Å². The van der Waals surface area contributed by atoms with E-state index in [9.17, 15) is 4.79 Å². The summed E-state index contributed by atoms with van der Waals surface area (Å²) in [6, 6.07) is 0.300. The van der Waals surface area contributed by atoms with E-state index in [1.165, 1.54) is 17.8 Å². The van der Waals surface area contributed by atoms with E-state index in [2.05, 4.69) is 44.6 Å². The van der Waals surface area contributed by atoms with Crippen LogP contribution < -0.4 is 10.1 Å². The minimum Gasteiger partial charge on any atom is -0.438 e. The molecule has 1 fully saturated rings. The van der Waals surface area contributed by atoms with Gasteiger partial charge in [0.25, 0.3) is 17.4 Å². The topological polar surface area (TPSA) is 63.7 Å². The Morgan fingerprint density at radius 1 is 1.48 bits per heavy atom. The molecule has 1 aromatic rings. The first-order valence-corrected chi connectivity index (χ1v) is 9.71. The molecule has 1 amide bonds. The molecular formula is C18H29N3O3S. The highest BCUT2D eigenvalue weighted by atomic mass is 32.1. The molecule has 0 bridgehead atoms. The van der Waals surface area contributed by atoms with Gasteiger partial charge < -0.3 is 19.7 Å². The first kappa shape index (κ1) is 19.6. The van der Waals surface area contributed by atoms with Gasteiger partial charge in [0, 0.05) is 12.6 Å². The van der Waals surface area contributed by atoms with Crippen LogP contribution in [-0.4, -0.2) is 41.2 Å². The van der Waals surface area contributed by atoms with Crippen molar-refractivity contribution in [3.05, 3.63) is 23.5 Å². The molecule has 2 heterocycles. The Bertz CT molecular complexity index is 586. The zero-order chi connectivity index (χ0) is 18.4. The summed E-state index contributed by atoms with van der Waals surface area (Å²) in [5, 5.41) is 3.37. The summed E-state index contributed by atoms with van der Waals surface area (Å²) in [7, 11) is 0. The molecule has 1 unspecified atom stereocenters. The van der Waals surface area contributed by atoms with Crippen LogP contribution in [-0.2, 0) is 4.74 Å². The van der Waals surface area contributed by atoms with Gasteiger partial charge in [-0.3, -0.25) is 4.79 Å². The first-order chi connectivity index (χ1) is 11.9. The summed E-state index contributed by atoms with van der Waals surface area (Å²) in [5.74, 6) is 1.21. The number of nitrogens with one attached hydrogen (secondary N) is 1. The van der Waals surface area contributed by atoms with Crippen molar-refractivity contribution >= 4 is 17.2 Å². The molecule has 1 saturated heterocycles. The lowest BCUT2D eigenvalue weighted by atomic mass is 10.1. The molecule has 7 heteroatoms. The fourth-order valence-electron chi connectivity index (χ4n) is 2.58. The average molecular weight is 368 g/mol. The smallest absolute Gasteiger partial charge is 0.277 e. The largest absolute Gasteiger partial charge is 0.438 e. The van der Waals surface area contributed by atoms with Gasteiger partial charge in [-0.15, -0.1) is 0 Å². The SMILES string of the molecule is C=C1OC(Oc2ncc(C(=O)NCCCCC(C)C)s2)CN1C(C)C. The van der Waals surface area contributed by atoms with Gasteiger partial charge in [0.1, 0.15) is 4.88 Å². The normalized spacial score (nSPS) is 17.3. The summed E-state index contributed by atoms with van der Waals surface area (Å²) < 4.78 is 11.3. The number of hydrogen-bond donors (Lipinski definition) is 1. The molecule has 25 heavy (non-hydrogen) atoms. The average Bonchev–Trinajstić information content (AvgIpc) is 3.13. The predicted molar refractivity (Wildman–Crippen MR) is 99.6 cm³/mol. The van der Waals surface area contributed by atoms with Crippen LogP contribution >= 0.6 is 11.3 Å². The molecule has 140 valence electrons. The van der Waals surface area contributed by atoms with Crippen molar-refractivity contribution in [2.24, 2.45) is 5.92 Å². The van der Waals surface area contributed by atoms with E-state index in [0.717, 1.165) is 12.8 Å². The van der Waals surface area contributed by atoms with Crippen molar-refractivity contribution in [1.29, 1.82) is 0 Å². The maximum Gasteiger partial charge on any atom is 0.277 e. The minimum atomic E-state index is -0.437. The Labute approximate surface area is 154 Å². The van der Waals surface area contributed by atoms with E-state index >= 15 is 0 Å². The molecular weight excluding hydrogens is 338 g/mol. The number of carbonyl (C=O) groups is 1. The molecule has 0 aromatic carbocycles. The molecule has 0 aliphatic carbocycles. The number of carbonyl (C=O) groups excluding carboxylic acids is 1. The number of thiazole rings is 1. The number of nitrogens with zero attached hydrogens (tertiary/aromatic N) is 2. The quantitative estimate of drug-likeness (QED) is 0.676. The molecule has 1 aliphatic heterocycles. The summed E-state index contributed by atoms with van der Waals surface area (Å²) in [6.45, 7) is 13.7. The van der Waals surface area contributed by atoms with Crippen LogP contribution in [0.2, 0.25) is 0 Å². The molecule has 6 nitrogen and oxygen atoms in total. The molecule has 1 aromatic heterocycles. The monoisotopic (exact) mass is 367 g/mol. The predicted octanol–water partition coefficient (Wildman–Crippen LogP) is 3.62.